The summed E-state index contributed by atoms with van der Waals surface area (Å²) >= 11 is 1.44. The zero-order valence-electron chi connectivity index (χ0n) is 11.3. The third-order valence-electron chi connectivity index (χ3n) is 2.57. The fourth-order valence-corrected chi connectivity index (χ4v) is 2.60. The van der Waals surface area contributed by atoms with Crippen molar-refractivity contribution in [2.24, 2.45) is 17.6 Å². The smallest absolute Gasteiger partial charge is 0.230 e. The van der Waals surface area contributed by atoms with Crippen LogP contribution in [0, 0.1) is 11.8 Å². The Morgan fingerprint density at radius 3 is 2.72 bits per heavy atom. The first-order chi connectivity index (χ1) is 8.56. The SMILES string of the molecule is CCCC(CN)C(=O)Nc1nnc(CC(C)C)s1. The van der Waals surface area contributed by atoms with E-state index in [0.717, 1.165) is 24.3 Å². The molecule has 0 saturated heterocycles. The van der Waals surface area contributed by atoms with E-state index in [4.69, 9.17) is 5.73 Å². The summed E-state index contributed by atoms with van der Waals surface area (Å²) in [5.41, 5.74) is 5.59. The summed E-state index contributed by atoms with van der Waals surface area (Å²) in [6, 6.07) is 0. The summed E-state index contributed by atoms with van der Waals surface area (Å²) in [6.45, 7) is 6.68. The molecule has 1 heterocycles. The summed E-state index contributed by atoms with van der Waals surface area (Å²) in [6.07, 6.45) is 2.65. The summed E-state index contributed by atoms with van der Waals surface area (Å²) in [5.74, 6) is 0.359. The van der Waals surface area contributed by atoms with Gasteiger partial charge in [-0.2, -0.15) is 0 Å². The predicted octanol–water partition coefficient (Wildman–Crippen LogP) is 2.05. The molecule has 18 heavy (non-hydrogen) atoms. The van der Waals surface area contributed by atoms with E-state index >= 15 is 0 Å². The van der Waals surface area contributed by atoms with Gasteiger partial charge in [-0.05, 0) is 12.3 Å². The summed E-state index contributed by atoms with van der Waals surface area (Å²) < 4.78 is 0. The van der Waals surface area contributed by atoms with E-state index < -0.39 is 0 Å². The molecule has 0 spiro atoms. The molecule has 0 aliphatic rings. The fraction of sp³-hybridized carbons (Fsp3) is 0.750. The van der Waals surface area contributed by atoms with Crippen LogP contribution in [0.3, 0.4) is 0 Å². The Bertz CT molecular complexity index is 378. The maximum atomic E-state index is 11.9. The van der Waals surface area contributed by atoms with Gasteiger partial charge in [-0.3, -0.25) is 4.79 Å². The maximum Gasteiger partial charge on any atom is 0.230 e. The van der Waals surface area contributed by atoms with Gasteiger partial charge >= 0.3 is 0 Å². The van der Waals surface area contributed by atoms with Crippen molar-refractivity contribution in [2.75, 3.05) is 11.9 Å². The molecule has 1 aromatic rings. The van der Waals surface area contributed by atoms with Crippen molar-refractivity contribution in [2.45, 2.75) is 40.0 Å². The lowest BCUT2D eigenvalue weighted by atomic mass is 10.0. The van der Waals surface area contributed by atoms with Gasteiger partial charge in [0.25, 0.3) is 0 Å². The lowest BCUT2D eigenvalue weighted by Crippen LogP contribution is -2.29. The maximum absolute atomic E-state index is 11.9. The second kappa shape index (κ2) is 7.43. The highest BCUT2D eigenvalue weighted by atomic mass is 32.1. The first-order valence-corrected chi connectivity index (χ1v) is 7.21. The van der Waals surface area contributed by atoms with Crippen LogP contribution in [0.5, 0.6) is 0 Å². The normalized spacial score (nSPS) is 12.7. The third-order valence-corrected chi connectivity index (χ3v) is 3.43. The lowest BCUT2D eigenvalue weighted by molar-refractivity contribution is -0.119. The van der Waals surface area contributed by atoms with Crippen LogP contribution in [0.1, 0.15) is 38.6 Å². The number of anilines is 1. The number of nitrogens with one attached hydrogen (secondary N) is 1. The van der Waals surface area contributed by atoms with Crippen molar-refractivity contribution in [3.05, 3.63) is 5.01 Å². The molecule has 3 N–H and O–H groups in total. The molecule has 102 valence electrons. The number of hydrogen-bond donors (Lipinski definition) is 2. The second-order valence-corrected chi connectivity index (χ2v) is 5.87. The molecule has 1 unspecified atom stereocenters. The number of aromatic nitrogens is 2. The van der Waals surface area contributed by atoms with E-state index in [1.54, 1.807) is 0 Å². The van der Waals surface area contributed by atoms with E-state index in [0.29, 0.717) is 17.6 Å². The van der Waals surface area contributed by atoms with Crippen LogP contribution in [0.25, 0.3) is 0 Å². The van der Waals surface area contributed by atoms with Crippen molar-refractivity contribution in [3.63, 3.8) is 0 Å². The van der Waals surface area contributed by atoms with Crippen molar-refractivity contribution in [1.29, 1.82) is 0 Å². The van der Waals surface area contributed by atoms with E-state index in [2.05, 4.69) is 29.4 Å². The molecule has 6 heteroatoms. The van der Waals surface area contributed by atoms with Crippen molar-refractivity contribution in [1.82, 2.24) is 10.2 Å². The zero-order chi connectivity index (χ0) is 13.5. The third kappa shape index (κ3) is 4.70. The molecule has 0 aliphatic carbocycles. The first-order valence-electron chi connectivity index (χ1n) is 6.40. The van der Waals surface area contributed by atoms with E-state index in [9.17, 15) is 4.79 Å². The van der Waals surface area contributed by atoms with E-state index in [1.807, 2.05) is 6.92 Å². The van der Waals surface area contributed by atoms with Crippen LogP contribution < -0.4 is 11.1 Å². The molecule has 0 bridgehead atoms. The molecule has 1 aromatic heterocycles. The minimum Gasteiger partial charge on any atom is -0.330 e. The van der Waals surface area contributed by atoms with Gasteiger partial charge in [-0.1, -0.05) is 38.5 Å². The van der Waals surface area contributed by atoms with Gasteiger partial charge in [0.05, 0.1) is 5.92 Å². The topological polar surface area (TPSA) is 80.9 Å². The molecule has 0 fully saturated rings. The Morgan fingerprint density at radius 1 is 1.44 bits per heavy atom. The van der Waals surface area contributed by atoms with Gasteiger partial charge in [0.1, 0.15) is 5.01 Å². The van der Waals surface area contributed by atoms with Gasteiger partial charge in [-0.15, -0.1) is 10.2 Å². The minimum atomic E-state index is -0.132. The first kappa shape index (κ1) is 15.0. The van der Waals surface area contributed by atoms with Crippen LogP contribution in [0.4, 0.5) is 5.13 Å². The van der Waals surface area contributed by atoms with Crippen LogP contribution in [-0.2, 0) is 11.2 Å². The second-order valence-electron chi connectivity index (χ2n) is 4.81. The van der Waals surface area contributed by atoms with Crippen LogP contribution in [-0.4, -0.2) is 22.6 Å². The standard InChI is InChI=1S/C12H22N4OS/c1-4-5-9(7-13)11(17)14-12-16-15-10(18-12)6-8(2)3/h8-9H,4-7,13H2,1-3H3,(H,14,16,17). The Labute approximate surface area is 112 Å². The predicted molar refractivity (Wildman–Crippen MR) is 74.5 cm³/mol. The minimum absolute atomic E-state index is 0.0494. The van der Waals surface area contributed by atoms with E-state index in [1.165, 1.54) is 11.3 Å². The number of carbonyl (C=O) groups is 1. The van der Waals surface area contributed by atoms with E-state index in [-0.39, 0.29) is 11.8 Å². The molecule has 1 rings (SSSR count). The zero-order valence-corrected chi connectivity index (χ0v) is 12.1. The number of carbonyl (C=O) groups excluding carboxylic acids is 1. The van der Waals surface area contributed by atoms with Crippen LogP contribution in [0.15, 0.2) is 0 Å². The highest BCUT2D eigenvalue weighted by Gasteiger charge is 2.17. The quantitative estimate of drug-likeness (QED) is 0.794. The molecule has 1 amide bonds. The van der Waals surface area contributed by atoms with Crippen molar-refractivity contribution >= 4 is 22.4 Å². The molecule has 0 aliphatic heterocycles. The van der Waals surface area contributed by atoms with Crippen LogP contribution >= 0.6 is 11.3 Å². The van der Waals surface area contributed by atoms with Gasteiger partial charge in [-0.25, -0.2) is 0 Å². The lowest BCUT2D eigenvalue weighted by Gasteiger charge is -2.11. The summed E-state index contributed by atoms with van der Waals surface area (Å²) in [7, 11) is 0. The summed E-state index contributed by atoms with van der Waals surface area (Å²) in [4.78, 5) is 11.9. The number of rotatable bonds is 7. The molecule has 0 saturated carbocycles. The largest absolute Gasteiger partial charge is 0.330 e. The molecule has 0 aromatic carbocycles. The fourth-order valence-electron chi connectivity index (χ4n) is 1.65. The number of amides is 1. The molecular weight excluding hydrogens is 248 g/mol. The Hall–Kier alpha value is -1.01. The molecule has 1 atom stereocenters. The van der Waals surface area contributed by atoms with Gasteiger partial charge in [0.15, 0.2) is 0 Å². The number of nitrogens with two attached hydrogens (primary N) is 1. The van der Waals surface area contributed by atoms with Crippen LogP contribution in [0.2, 0.25) is 0 Å². The molecule has 5 nitrogen and oxygen atoms in total. The Morgan fingerprint density at radius 2 is 2.17 bits per heavy atom. The van der Waals surface area contributed by atoms with Crippen molar-refractivity contribution in [3.8, 4) is 0 Å². The van der Waals surface area contributed by atoms with Crippen molar-refractivity contribution < 1.29 is 4.79 Å². The Balaban J connectivity index is 2.55. The number of hydrogen-bond acceptors (Lipinski definition) is 5. The van der Waals surface area contributed by atoms with Gasteiger partial charge in [0, 0.05) is 13.0 Å². The number of nitrogens with zero attached hydrogens (tertiary/aromatic N) is 2. The summed E-state index contributed by atoms with van der Waals surface area (Å²) in [5, 5.41) is 12.4. The monoisotopic (exact) mass is 270 g/mol. The molecule has 0 radical (unpaired) electrons. The van der Waals surface area contributed by atoms with Gasteiger partial charge in [0.2, 0.25) is 11.0 Å². The Kier molecular flexibility index (Phi) is 6.21. The average molecular weight is 270 g/mol. The average Bonchev–Trinajstić information content (AvgIpc) is 2.72. The molecular formula is C12H22N4OS. The highest BCUT2D eigenvalue weighted by Crippen LogP contribution is 2.19. The van der Waals surface area contributed by atoms with Gasteiger partial charge < -0.3 is 11.1 Å². The highest BCUT2D eigenvalue weighted by molar-refractivity contribution is 7.15.